The van der Waals surface area contributed by atoms with Crippen molar-refractivity contribution >= 4 is 0 Å². The van der Waals surface area contributed by atoms with Gasteiger partial charge in [-0.1, -0.05) is 32.6 Å². The van der Waals surface area contributed by atoms with Gasteiger partial charge in [-0.3, -0.25) is 0 Å². The van der Waals surface area contributed by atoms with Crippen molar-refractivity contribution in [1.29, 1.82) is 0 Å². The lowest BCUT2D eigenvalue weighted by Gasteiger charge is -2.43. The monoisotopic (exact) mass is 560 g/mol. The van der Waals surface area contributed by atoms with Crippen LogP contribution in [0.25, 0.3) is 0 Å². The molecule has 226 valence electrons. The highest BCUT2D eigenvalue weighted by molar-refractivity contribution is 5.35. The lowest BCUT2D eigenvalue weighted by molar-refractivity contribution is -0.0756. The van der Waals surface area contributed by atoms with E-state index in [9.17, 15) is 8.78 Å². The quantitative estimate of drug-likeness (QED) is 0.285. The molecular weight excluding hydrogens is 506 g/mol. The first-order valence-electron chi connectivity index (χ1n) is 16.9. The van der Waals surface area contributed by atoms with Crippen LogP contribution in [0.2, 0.25) is 0 Å². The third kappa shape index (κ3) is 7.53. The summed E-state index contributed by atoms with van der Waals surface area (Å²) in [5.74, 6) is 3.72. The largest absolute Gasteiger partial charge is 0.491 e. The van der Waals surface area contributed by atoms with Crippen LogP contribution in [0.3, 0.4) is 0 Å². The minimum Gasteiger partial charge on any atom is -0.491 e. The Bertz CT molecular complexity index is 890. The van der Waals surface area contributed by atoms with Crippen molar-refractivity contribution in [2.45, 2.75) is 123 Å². The van der Waals surface area contributed by atoms with Crippen LogP contribution in [0.4, 0.5) is 8.78 Å². The summed E-state index contributed by atoms with van der Waals surface area (Å²) in [6, 6.07) is 2.93. The first kappa shape index (κ1) is 30.1. The molecule has 4 aliphatic rings. The molecule has 4 fully saturated rings. The van der Waals surface area contributed by atoms with Gasteiger partial charge in [0.05, 0.1) is 25.9 Å². The van der Waals surface area contributed by atoms with E-state index in [1.54, 1.807) is 6.92 Å². The third-order valence-corrected chi connectivity index (χ3v) is 11.3. The highest BCUT2D eigenvalue weighted by atomic mass is 19.2. The van der Waals surface area contributed by atoms with Crippen LogP contribution in [0.1, 0.15) is 117 Å². The summed E-state index contributed by atoms with van der Waals surface area (Å²) in [5, 5.41) is 0. The minimum atomic E-state index is -0.964. The Labute approximate surface area is 242 Å². The van der Waals surface area contributed by atoms with E-state index in [0.29, 0.717) is 31.2 Å². The summed E-state index contributed by atoms with van der Waals surface area (Å²) in [7, 11) is 0. The number of halogens is 2. The van der Waals surface area contributed by atoms with Gasteiger partial charge in [-0.05, 0) is 138 Å². The lowest BCUT2D eigenvalue weighted by atomic mass is 9.66. The molecule has 40 heavy (non-hydrogen) atoms. The average Bonchev–Trinajstić information content (AvgIpc) is 3.00. The predicted octanol–water partition coefficient (Wildman–Crippen LogP) is 9.76. The molecule has 3 nitrogen and oxygen atoms in total. The van der Waals surface area contributed by atoms with Crippen molar-refractivity contribution in [3.8, 4) is 11.5 Å². The SMILES string of the molecule is CCCC1CCC(C2CCC(C3CCC(C4CCC(COc5ccc(OCC)c(F)c5F)CC4)OC3)CC2)CC1. The molecule has 0 spiro atoms. The van der Waals surface area contributed by atoms with Gasteiger partial charge >= 0.3 is 0 Å². The molecule has 1 aromatic rings. The Kier molecular flexibility index (Phi) is 11.1. The number of hydrogen-bond acceptors (Lipinski definition) is 3. The van der Waals surface area contributed by atoms with Gasteiger partial charge in [-0.2, -0.15) is 8.78 Å². The fourth-order valence-corrected chi connectivity index (χ4v) is 8.81. The normalized spacial score (nSPS) is 35.3. The molecule has 0 bridgehead atoms. The smallest absolute Gasteiger partial charge is 0.204 e. The molecule has 2 unspecified atom stereocenters. The molecule has 0 N–H and O–H groups in total. The highest BCUT2D eigenvalue weighted by Gasteiger charge is 2.37. The standard InChI is InChI=1S/C35H54F2O3/c1-3-5-24-6-10-26(11-7-24)27-14-16-28(17-15-27)30-18-19-31(40-23-30)29-12-8-25(9-13-29)22-39-33-21-20-32(38-4-2)34(36)35(33)37/h20-21,24-31H,3-19,22-23H2,1-2H3. The second-order valence-corrected chi connectivity index (χ2v) is 13.7. The zero-order valence-corrected chi connectivity index (χ0v) is 25.2. The highest BCUT2D eigenvalue weighted by Crippen LogP contribution is 2.46. The van der Waals surface area contributed by atoms with Crippen LogP contribution in [0.5, 0.6) is 11.5 Å². The molecule has 0 amide bonds. The van der Waals surface area contributed by atoms with E-state index in [-0.39, 0.29) is 11.5 Å². The third-order valence-electron chi connectivity index (χ3n) is 11.3. The average molecular weight is 561 g/mol. The Balaban J connectivity index is 0.978. The van der Waals surface area contributed by atoms with Gasteiger partial charge in [0.15, 0.2) is 11.5 Å². The maximum Gasteiger partial charge on any atom is 0.204 e. The maximum absolute atomic E-state index is 14.4. The molecule has 1 heterocycles. The first-order chi connectivity index (χ1) is 19.6. The van der Waals surface area contributed by atoms with Gasteiger partial charge in [0.1, 0.15) is 0 Å². The van der Waals surface area contributed by atoms with Crippen LogP contribution in [-0.4, -0.2) is 25.9 Å². The number of benzene rings is 1. The fourth-order valence-electron chi connectivity index (χ4n) is 8.81. The van der Waals surface area contributed by atoms with Crippen LogP contribution in [0, 0.1) is 53.1 Å². The van der Waals surface area contributed by atoms with Gasteiger partial charge in [0, 0.05) is 0 Å². The zero-order valence-electron chi connectivity index (χ0n) is 25.2. The summed E-state index contributed by atoms with van der Waals surface area (Å²) < 4.78 is 45.9. The van der Waals surface area contributed by atoms with E-state index < -0.39 is 11.6 Å². The Morgan fingerprint density at radius 1 is 0.625 bits per heavy atom. The molecule has 0 aromatic heterocycles. The van der Waals surface area contributed by atoms with E-state index in [2.05, 4.69) is 6.92 Å². The Morgan fingerprint density at radius 2 is 1.12 bits per heavy atom. The van der Waals surface area contributed by atoms with E-state index in [1.165, 1.54) is 89.2 Å². The molecule has 3 saturated carbocycles. The van der Waals surface area contributed by atoms with Crippen molar-refractivity contribution in [3.05, 3.63) is 23.8 Å². The number of ether oxygens (including phenoxy) is 3. The van der Waals surface area contributed by atoms with Crippen molar-refractivity contribution < 1.29 is 23.0 Å². The Hall–Kier alpha value is -1.36. The second-order valence-electron chi connectivity index (χ2n) is 13.7. The second kappa shape index (κ2) is 14.7. The molecular formula is C35H54F2O3. The summed E-state index contributed by atoms with van der Waals surface area (Å²) in [6.45, 7) is 5.79. The van der Waals surface area contributed by atoms with Crippen molar-refractivity contribution in [2.75, 3.05) is 19.8 Å². The van der Waals surface area contributed by atoms with Crippen LogP contribution in [0.15, 0.2) is 12.1 Å². The molecule has 0 radical (unpaired) electrons. The molecule has 3 aliphatic carbocycles. The first-order valence-corrected chi connectivity index (χ1v) is 16.9. The van der Waals surface area contributed by atoms with Gasteiger partial charge in [0.2, 0.25) is 11.6 Å². The minimum absolute atomic E-state index is 0.0156. The van der Waals surface area contributed by atoms with E-state index in [0.717, 1.165) is 61.9 Å². The van der Waals surface area contributed by atoms with Gasteiger partial charge in [-0.25, -0.2) is 0 Å². The van der Waals surface area contributed by atoms with Crippen molar-refractivity contribution in [1.82, 2.24) is 0 Å². The molecule has 2 atom stereocenters. The number of rotatable bonds is 10. The van der Waals surface area contributed by atoms with Gasteiger partial charge in [-0.15, -0.1) is 0 Å². The van der Waals surface area contributed by atoms with Crippen LogP contribution >= 0.6 is 0 Å². The fraction of sp³-hybridized carbons (Fsp3) is 0.829. The predicted molar refractivity (Wildman–Crippen MR) is 157 cm³/mol. The van der Waals surface area contributed by atoms with Crippen molar-refractivity contribution in [2.24, 2.45) is 41.4 Å². The van der Waals surface area contributed by atoms with Crippen LogP contribution < -0.4 is 9.47 Å². The van der Waals surface area contributed by atoms with E-state index in [4.69, 9.17) is 14.2 Å². The summed E-state index contributed by atoms with van der Waals surface area (Å²) in [4.78, 5) is 0. The van der Waals surface area contributed by atoms with E-state index >= 15 is 0 Å². The molecule has 5 rings (SSSR count). The molecule has 1 aromatic carbocycles. The van der Waals surface area contributed by atoms with E-state index in [1.807, 2.05) is 0 Å². The lowest BCUT2D eigenvalue weighted by Crippen LogP contribution is -2.38. The molecule has 1 saturated heterocycles. The topological polar surface area (TPSA) is 27.7 Å². The molecule has 5 heteroatoms. The maximum atomic E-state index is 14.4. The number of hydrogen-bond donors (Lipinski definition) is 0. The Morgan fingerprint density at radius 3 is 1.68 bits per heavy atom. The summed E-state index contributed by atoms with van der Waals surface area (Å²) in [5.41, 5.74) is 0. The van der Waals surface area contributed by atoms with Crippen molar-refractivity contribution in [3.63, 3.8) is 0 Å². The van der Waals surface area contributed by atoms with Crippen LogP contribution in [-0.2, 0) is 4.74 Å². The molecule has 1 aliphatic heterocycles. The summed E-state index contributed by atoms with van der Waals surface area (Å²) in [6.07, 6.45) is 22.0. The van der Waals surface area contributed by atoms with Gasteiger partial charge in [0.25, 0.3) is 0 Å². The van der Waals surface area contributed by atoms with Gasteiger partial charge < -0.3 is 14.2 Å². The zero-order chi connectivity index (χ0) is 27.9. The summed E-state index contributed by atoms with van der Waals surface area (Å²) >= 11 is 0.